The first-order valence-electron chi connectivity index (χ1n) is 11.4. The van der Waals surface area contributed by atoms with Crippen LogP contribution in [0.25, 0.3) is 4.91 Å². The molecule has 174 valence electrons. The molecule has 0 spiro atoms. The van der Waals surface area contributed by atoms with E-state index in [4.69, 9.17) is 4.74 Å². The number of nitrogens with zero attached hydrogens (tertiary/aromatic N) is 2. The molecule has 0 bridgehead atoms. The van der Waals surface area contributed by atoms with Gasteiger partial charge in [0, 0.05) is 23.7 Å². The predicted octanol–water partition coefficient (Wildman–Crippen LogP) is 4.14. The minimum absolute atomic E-state index is 0.0276. The smallest absolute Gasteiger partial charge is 0.137 e. The molecular formula is C26H32N4O2S. The Bertz CT molecular complexity index is 1080. The average molecular weight is 465 g/mol. The molecule has 0 saturated heterocycles. The number of aliphatic hydroxyl groups excluding tert-OH is 1. The van der Waals surface area contributed by atoms with Gasteiger partial charge in [-0.15, -0.1) is 0 Å². The Morgan fingerprint density at radius 1 is 1.30 bits per heavy atom. The molecule has 33 heavy (non-hydrogen) atoms. The van der Waals surface area contributed by atoms with Crippen LogP contribution in [0.3, 0.4) is 0 Å². The lowest BCUT2D eigenvalue weighted by molar-refractivity contribution is 0.0386. The van der Waals surface area contributed by atoms with Gasteiger partial charge in [-0.05, 0) is 75.2 Å². The first-order chi connectivity index (χ1) is 15.9. The standard InChI is InChI=1S/C26H32N4O2S/c1-16(2)32-23-11-8-17(12-18(23)13-27)26-29-14-24(33-26)21-7-5-6-20-19(21)9-10-22(20)28-15-25(31)30(3)4/h5-8,11-12,14,16,22,25-26,28-29,31H,9-10,15H2,1-4H3/t22-,25?,26?/m0/s1. The Balaban J connectivity index is 1.48. The number of nitriles is 1. The normalized spacial score (nSPS) is 20.4. The SMILES string of the molecule is CC(C)Oc1ccc(C2NC=C(c3cccc4c3CC[C@@H]4NCC(O)N(C)C)S2)cc1C#N. The first kappa shape index (κ1) is 23.7. The quantitative estimate of drug-likeness (QED) is 0.507. The maximum absolute atomic E-state index is 10.1. The molecule has 1 aliphatic carbocycles. The zero-order valence-corrected chi connectivity index (χ0v) is 20.4. The summed E-state index contributed by atoms with van der Waals surface area (Å²) in [5.74, 6) is 0.631. The molecule has 2 unspecified atom stereocenters. The van der Waals surface area contributed by atoms with E-state index in [1.807, 2.05) is 51.0 Å². The molecule has 0 fully saturated rings. The van der Waals surface area contributed by atoms with E-state index >= 15 is 0 Å². The molecular weight excluding hydrogens is 432 g/mol. The third-order valence-corrected chi connectivity index (χ3v) is 7.31. The topological polar surface area (TPSA) is 80.5 Å². The summed E-state index contributed by atoms with van der Waals surface area (Å²) in [6.07, 6.45) is 3.67. The van der Waals surface area contributed by atoms with Crippen LogP contribution in [0.2, 0.25) is 0 Å². The lowest BCUT2D eigenvalue weighted by Gasteiger charge is -2.22. The largest absolute Gasteiger partial charge is 0.490 e. The van der Waals surface area contributed by atoms with E-state index in [1.54, 1.807) is 11.8 Å². The molecule has 3 N–H and O–H groups in total. The maximum atomic E-state index is 10.1. The number of aliphatic hydroxyl groups is 1. The van der Waals surface area contributed by atoms with Gasteiger partial charge in [0.1, 0.15) is 23.4 Å². The molecule has 1 aliphatic heterocycles. The van der Waals surface area contributed by atoms with Gasteiger partial charge in [-0.3, -0.25) is 4.90 Å². The van der Waals surface area contributed by atoms with Crippen molar-refractivity contribution in [3.63, 3.8) is 0 Å². The van der Waals surface area contributed by atoms with E-state index in [9.17, 15) is 10.4 Å². The first-order valence-corrected chi connectivity index (χ1v) is 12.3. The molecule has 0 aromatic heterocycles. The van der Waals surface area contributed by atoms with Crippen LogP contribution in [-0.2, 0) is 6.42 Å². The van der Waals surface area contributed by atoms with Crippen molar-refractivity contribution in [2.45, 2.75) is 50.4 Å². The Hall–Kier alpha value is -2.50. The second-order valence-corrected chi connectivity index (χ2v) is 10.2. The second-order valence-electron chi connectivity index (χ2n) is 9.02. The Kier molecular flexibility index (Phi) is 7.30. The minimum Gasteiger partial charge on any atom is -0.490 e. The van der Waals surface area contributed by atoms with Gasteiger partial charge in [-0.2, -0.15) is 5.26 Å². The van der Waals surface area contributed by atoms with Crippen molar-refractivity contribution < 1.29 is 9.84 Å². The fourth-order valence-corrected chi connectivity index (χ4v) is 5.46. The number of hydrogen-bond donors (Lipinski definition) is 3. The van der Waals surface area contributed by atoms with Crippen molar-refractivity contribution in [3.8, 4) is 11.8 Å². The lowest BCUT2D eigenvalue weighted by Crippen LogP contribution is -2.38. The van der Waals surface area contributed by atoms with Gasteiger partial charge in [0.2, 0.25) is 0 Å². The molecule has 3 atom stereocenters. The van der Waals surface area contributed by atoms with Gasteiger partial charge in [-0.25, -0.2) is 0 Å². The van der Waals surface area contributed by atoms with E-state index in [0.29, 0.717) is 17.9 Å². The van der Waals surface area contributed by atoms with Crippen molar-refractivity contribution in [1.29, 1.82) is 5.26 Å². The summed E-state index contributed by atoms with van der Waals surface area (Å²) >= 11 is 1.78. The summed E-state index contributed by atoms with van der Waals surface area (Å²) < 4.78 is 5.77. The number of fused-ring (bicyclic) bond motifs is 1. The van der Waals surface area contributed by atoms with Crippen LogP contribution in [0.4, 0.5) is 0 Å². The fraction of sp³-hybridized carbons (Fsp3) is 0.423. The lowest BCUT2D eigenvalue weighted by atomic mass is 10.0. The van der Waals surface area contributed by atoms with Crippen LogP contribution in [0.5, 0.6) is 5.75 Å². The molecule has 2 aliphatic rings. The molecule has 7 heteroatoms. The Labute approximate surface area is 200 Å². The molecule has 0 amide bonds. The van der Waals surface area contributed by atoms with Crippen LogP contribution in [0.1, 0.15) is 59.5 Å². The predicted molar refractivity (Wildman–Crippen MR) is 134 cm³/mol. The highest BCUT2D eigenvalue weighted by Crippen LogP contribution is 2.46. The van der Waals surface area contributed by atoms with E-state index in [2.05, 4.69) is 41.1 Å². The molecule has 2 aromatic carbocycles. The van der Waals surface area contributed by atoms with Crippen LogP contribution in [0, 0.1) is 11.3 Å². The highest BCUT2D eigenvalue weighted by Gasteiger charge is 2.29. The Morgan fingerprint density at radius 2 is 2.12 bits per heavy atom. The summed E-state index contributed by atoms with van der Waals surface area (Å²) in [6.45, 7) is 4.46. The maximum Gasteiger partial charge on any atom is 0.137 e. The van der Waals surface area contributed by atoms with Crippen LogP contribution >= 0.6 is 11.8 Å². The third-order valence-electron chi connectivity index (χ3n) is 6.08. The number of benzene rings is 2. The fourth-order valence-electron chi connectivity index (χ4n) is 4.33. The summed E-state index contributed by atoms with van der Waals surface area (Å²) in [4.78, 5) is 3.02. The average Bonchev–Trinajstić information content (AvgIpc) is 3.44. The van der Waals surface area contributed by atoms with Crippen LogP contribution in [0.15, 0.2) is 42.6 Å². The summed E-state index contributed by atoms with van der Waals surface area (Å²) in [7, 11) is 3.76. The van der Waals surface area contributed by atoms with Crippen molar-refractivity contribution in [3.05, 3.63) is 70.4 Å². The van der Waals surface area contributed by atoms with Gasteiger partial charge in [-0.1, -0.05) is 36.0 Å². The number of thioether (sulfide) groups is 1. The van der Waals surface area contributed by atoms with E-state index in [-0.39, 0.29) is 17.5 Å². The van der Waals surface area contributed by atoms with E-state index in [0.717, 1.165) is 18.4 Å². The van der Waals surface area contributed by atoms with Crippen molar-refractivity contribution in [2.75, 3.05) is 20.6 Å². The molecule has 0 radical (unpaired) electrons. The summed E-state index contributed by atoms with van der Waals surface area (Å²) in [6, 6.07) is 14.9. The molecule has 4 rings (SSSR count). The van der Waals surface area contributed by atoms with Gasteiger partial charge in [0.05, 0.1) is 11.7 Å². The second kappa shape index (κ2) is 10.2. The van der Waals surface area contributed by atoms with E-state index < -0.39 is 6.23 Å². The van der Waals surface area contributed by atoms with Gasteiger partial charge in [0.15, 0.2) is 0 Å². The third kappa shape index (κ3) is 5.20. The summed E-state index contributed by atoms with van der Waals surface area (Å²) in [5, 5.41) is 26.8. The van der Waals surface area contributed by atoms with Crippen molar-refractivity contribution >= 4 is 16.7 Å². The molecule has 6 nitrogen and oxygen atoms in total. The van der Waals surface area contributed by atoms with E-state index in [1.165, 1.54) is 21.6 Å². The van der Waals surface area contributed by atoms with Gasteiger partial charge < -0.3 is 20.5 Å². The van der Waals surface area contributed by atoms with Crippen molar-refractivity contribution in [2.24, 2.45) is 0 Å². The van der Waals surface area contributed by atoms with Gasteiger partial charge in [0.25, 0.3) is 0 Å². The number of nitrogens with one attached hydrogen (secondary N) is 2. The zero-order valence-electron chi connectivity index (χ0n) is 19.6. The zero-order chi connectivity index (χ0) is 23.5. The highest BCUT2D eigenvalue weighted by atomic mass is 32.2. The molecule has 0 saturated carbocycles. The van der Waals surface area contributed by atoms with Gasteiger partial charge >= 0.3 is 0 Å². The number of likely N-dealkylation sites (N-methyl/N-ethyl adjacent to an activating group) is 1. The number of hydrogen-bond acceptors (Lipinski definition) is 7. The molecule has 1 heterocycles. The highest BCUT2D eigenvalue weighted by molar-refractivity contribution is 8.08. The number of rotatable bonds is 8. The minimum atomic E-state index is -0.495. The monoisotopic (exact) mass is 464 g/mol. The number of ether oxygens (including phenoxy) is 1. The summed E-state index contributed by atoms with van der Waals surface area (Å²) in [5.41, 5.74) is 5.60. The van der Waals surface area contributed by atoms with Crippen LogP contribution < -0.4 is 15.4 Å². The van der Waals surface area contributed by atoms with Crippen LogP contribution in [-0.4, -0.2) is 43.0 Å². The molecule has 2 aromatic rings. The van der Waals surface area contributed by atoms with Crippen molar-refractivity contribution in [1.82, 2.24) is 15.5 Å². The Morgan fingerprint density at radius 3 is 2.85 bits per heavy atom.